The van der Waals surface area contributed by atoms with Crippen molar-refractivity contribution < 1.29 is 29.0 Å². The van der Waals surface area contributed by atoms with E-state index < -0.39 is 17.6 Å². The van der Waals surface area contributed by atoms with E-state index in [0.717, 1.165) is 16.6 Å². The van der Waals surface area contributed by atoms with Gasteiger partial charge < -0.3 is 5.11 Å². The lowest BCUT2D eigenvalue weighted by molar-refractivity contribution is -0.447. The number of halogens is 1. The molecule has 3 aromatic rings. The number of rotatable bonds is 5. The summed E-state index contributed by atoms with van der Waals surface area (Å²) in [5, 5.41) is 24.1. The first kappa shape index (κ1) is 21.3. The summed E-state index contributed by atoms with van der Waals surface area (Å²) < 4.78 is 5.79. The Morgan fingerprint density at radius 1 is 1.13 bits per heavy atom. The molecule has 10 heteroatoms. The van der Waals surface area contributed by atoms with Crippen LogP contribution in [0.15, 0.2) is 47.4 Å². The van der Waals surface area contributed by atoms with Crippen LogP contribution in [-0.2, 0) is 14.3 Å². The van der Waals surface area contributed by atoms with Gasteiger partial charge in [-0.15, -0.1) is 4.33 Å². The Bertz CT molecular complexity index is 1240. The number of hydrogen-bond donors (Lipinski definition) is 2. The zero-order valence-electron chi connectivity index (χ0n) is 16.3. The summed E-state index contributed by atoms with van der Waals surface area (Å²) in [5.74, 6) is -1.38. The fraction of sp³-hybridized carbons (Fsp3) is 0.0952. The van der Waals surface area contributed by atoms with Crippen LogP contribution in [0.1, 0.15) is 38.8 Å². The molecule has 2 aromatic carbocycles. The monoisotopic (exact) mass is 458 g/mol. The number of carbonyl (C=O) groups excluding carboxylic acids is 2. The molecule has 8 nitrogen and oxygen atoms in total. The van der Waals surface area contributed by atoms with E-state index in [1.165, 1.54) is 20.1 Å². The van der Waals surface area contributed by atoms with Crippen molar-refractivity contribution in [3.8, 4) is 17.1 Å². The first-order valence-corrected chi connectivity index (χ1v) is 10.0. The van der Waals surface area contributed by atoms with Crippen LogP contribution in [0.4, 0.5) is 0 Å². The van der Waals surface area contributed by atoms with Crippen molar-refractivity contribution in [2.45, 2.75) is 11.8 Å². The number of fused-ring (bicyclic) bond motifs is 2. The van der Waals surface area contributed by atoms with E-state index in [1.807, 2.05) is 0 Å². The summed E-state index contributed by atoms with van der Waals surface area (Å²) in [4.78, 5) is 30.8. The maximum Gasteiger partial charge on any atom is 0.230 e. The number of nitrogens with one attached hydrogen (secondary N) is 1. The number of hydrogen-bond acceptors (Lipinski definition) is 8. The molecule has 0 saturated heterocycles. The van der Waals surface area contributed by atoms with E-state index in [1.54, 1.807) is 36.4 Å². The summed E-state index contributed by atoms with van der Waals surface area (Å²) in [6.07, 6.45) is 0. The molecule has 0 bridgehead atoms. The van der Waals surface area contributed by atoms with Gasteiger partial charge in [0.05, 0.1) is 41.7 Å². The van der Waals surface area contributed by atoms with Crippen LogP contribution in [-0.4, -0.2) is 34.2 Å². The Kier molecular flexibility index (Phi) is 5.69. The minimum Gasteiger partial charge on any atom is -0.494 e. The van der Waals surface area contributed by atoms with Gasteiger partial charge in [-0.2, -0.15) is 0 Å². The summed E-state index contributed by atoms with van der Waals surface area (Å²) >= 11 is 6.97. The molecule has 1 aliphatic carbocycles. The molecule has 2 N–H and O–H groups in total. The predicted molar refractivity (Wildman–Crippen MR) is 114 cm³/mol. The second-order valence-corrected chi connectivity index (χ2v) is 7.79. The molecule has 1 aliphatic rings. The molecule has 4 rings (SSSR count). The molecule has 0 fully saturated rings. The second kappa shape index (κ2) is 8.29. The quantitative estimate of drug-likeness (QED) is 0.194. The smallest absolute Gasteiger partial charge is 0.230 e. The molecule has 1 heterocycles. The van der Waals surface area contributed by atoms with Gasteiger partial charge in [-0.25, -0.2) is 9.45 Å². The third-order valence-corrected chi connectivity index (χ3v) is 5.61. The highest BCUT2D eigenvalue weighted by molar-refractivity contribution is 7.94. The first-order valence-electron chi connectivity index (χ1n) is 8.91. The Labute approximate surface area is 185 Å². The minimum absolute atomic E-state index is 0.0142. The topological polar surface area (TPSA) is 111 Å². The van der Waals surface area contributed by atoms with Gasteiger partial charge in [0.25, 0.3) is 0 Å². The summed E-state index contributed by atoms with van der Waals surface area (Å²) in [7, 11) is 1.30. The van der Waals surface area contributed by atoms with Crippen molar-refractivity contribution in [2.24, 2.45) is 0 Å². The van der Waals surface area contributed by atoms with Crippen molar-refractivity contribution >= 4 is 41.0 Å². The molecule has 1 aromatic heterocycles. The fourth-order valence-corrected chi connectivity index (χ4v) is 4.12. The number of benzene rings is 2. The first-order chi connectivity index (χ1) is 14.8. The van der Waals surface area contributed by atoms with E-state index in [9.17, 15) is 14.7 Å². The van der Waals surface area contributed by atoms with Crippen molar-refractivity contribution in [1.29, 1.82) is 5.41 Å². The Balaban J connectivity index is 1.89. The SMILES string of the molecule is COOOSc1ccc(-c2c3c(c(O)n2C(C)=O)C(=N)c2ccc(Cl)cc2C3=O)cc1. The van der Waals surface area contributed by atoms with Gasteiger partial charge in [-0.3, -0.25) is 15.0 Å². The number of aromatic nitrogens is 1. The molecule has 0 atom stereocenters. The average molecular weight is 459 g/mol. The molecular weight excluding hydrogens is 444 g/mol. The Morgan fingerprint density at radius 3 is 2.48 bits per heavy atom. The van der Waals surface area contributed by atoms with Crippen molar-refractivity contribution in [3.63, 3.8) is 0 Å². The zero-order valence-corrected chi connectivity index (χ0v) is 17.8. The van der Waals surface area contributed by atoms with E-state index in [4.69, 9.17) is 21.3 Å². The molecular formula is C21H15ClN2O6S. The molecule has 0 spiro atoms. The fourth-order valence-electron chi connectivity index (χ4n) is 3.54. The normalized spacial score (nSPS) is 12.6. The number of ketones is 1. The molecule has 0 unspecified atom stereocenters. The minimum atomic E-state index is -0.500. The predicted octanol–water partition coefficient (Wildman–Crippen LogP) is 4.65. The Morgan fingerprint density at radius 2 is 1.84 bits per heavy atom. The lowest BCUT2D eigenvalue weighted by Crippen LogP contribution is -2.20. The van der Waals surface area contributed by atoms with E-state index in [2.05, 4.69) is 9.93 Å². The maximum absolute atomic E-state index is 13.4. The number of aromatic hydroxyl groups is 1. The third-order valence-electron chi connectivity index (χ3n) is 4.79. The lowest BCUT2D eigenvalue weighted by Gasteiger charge is -2.17. The second-order valence-electron chi connectivity index (χ2n) is 6.58. The molecule has 0 saturated carbocycles. The van der Waals surface area contributed by atoms with Gasteiger partial charge in [-0.1, -0.05) is 34.8 Å². The largest absolute Gasteiger partial charge is 0.494 e. The van der Waals surface area contributed by atoms with Gasteiger partial charge in [0, 0.05) is 28.0 Å². The maximum atomic E-state index is 13.4. The van der Waals surface area contributed by atoms with Gasteiger partial charge in [-0.05, 0) is 29.8 Å². The molecule has 158 valence electrons. The molecule has 0 radical (unpaired) electrons. The van der Waals surface area contributed by atoms with Crippen LogP contribution in [0.25, 0.3) is 11.3 Å². The average Bonchev–Trinajstić information content (AvgIpc) is 3.06. The van der Waals surface area contributed by atoms with Gasteiger partial charge in [0.15, 0.2) is 5.78 Å². The molecule has 0 amide bonds. The van der Waals surface area contributed by atoms with Crippen LogP contribution in [0.5, 0.6) is 5.88 Å². The van der Waals surface area contributed by atoms with Crippen LogP contribution < -0.4 is 0 Å². The lowest BCUT2D eigenvalue weighted by atomic mass is 9.84. The summed E-state index contributed by atoms with van der Waals surface area (Å²) in [5.41, 5.74) is 1.31. The van der Waals surface area contributed by atoms with Crippen LogP contribution in [0.2, 0.25) is 5.02 Å². The van der Waals surface area contributed by atoms with Crippen molar-refractivity contribution in [3.05, 3.63) is 69.7 Å². The van der Waals surface area contributed by atoms with Crippen LogP contribution in [0, 0.1) is 5.41 Å². The summed E-state index contributed by atoms with van der Waals surface area (Å²) in [6, 6.07) is 11.3. The number of nitrogens with zero attached hydrogens (tertiary/aromatic N) is 1. The highest BCUT2D eigenvalue weighted by Gasteiger charge is 2.37. The van der Waals surface area contributed by atoms with Crippen LogP contribution >= 0.6 is 23.6 Å². The number of carbonyl (C=O) groups is 2. The summed E-state index contributed by atoms with van der Waals surface area (Å²) in [6.45, 7) is 1.27. The highest BCUT2D eigenvalue weighted by Crippen LogP contribution is 2.42. The van der Waals surface area contributed by atoms with Crippen molar-refractivity contribution in [2.75, 3.05) is 7.11 Å². The zero-order chi connectivity index (χ0) is 22.3. The van der Waals surface area contributed by atoms with Gasteiger partial charge >= 0.3 is 0 Å². The van der Waals surface area contributed by atoms with E-state index in [0.29, 0.717) is 21.0 Å². The Hall–Kier alpha value is -2.95. The van der Waals surface area contributed by atoms with Crippen molar-refractivity contribution in [1.82, 2.24) is 4.57 Å². The molecule has 0 aliphatic heterocycles. The van der Waals surface area contributed by atoms with E-state index >= 15 is 0 Å². The standard InChI is InChI=1S/C21H15ClN2O6S/c1-10(25)24-19(11-3-6-13(7-4-11)31-30-29-28-2)17-16(21(24)27)18(23)14-8-5-12(22)9-15(14)20(17)26/h3-9,23,27H,1-2H3. The third kappa shape index (κ3) is 3.56. The van der Waals surface area contributed by atoms with Crippen LogP contribution in [0.3, 0.4) is 0 Å². The highest BCUT2D eigenvalue weighted by atomic mass is 35.5. The van der Waals surface area contributed by atoms with Gasteiger partial charge in [0.1, 0.15) is 0 Å². The molecule has 31 heavy (non-hydrogen) atoms. The van der Waals surface area contributed by atoms with Gasteiger partial charge in [0.2, 0.25) is 11.8 Å². The van der Waals surface area contributed by atoms with E-state index in [-0.39, 0.29) is 28.1 Å².